The fourth-order valence-electron chi connectivity index (χ4n) is 4.58. The Bertz CT molecular complexity index is 740. The molecule has 3 heterocycles. The van der Waals surface area contributed by atoms with E-state index in [9.17, 15) is 14.4 Å². The van der Waals surface area contributed by atoms with Gasteiger partial charge in [0.15, 0.2) is 0 Å². The standard InChI is InChI=1S/C22H30N4O3/c27-20(8-11-23-9-4-5-10-23)24-12-14-25(15-13-24)22(29)18-16-21(28)26(17-18)19-6-2-1-3-7-19/h1-3,6-7,18H,4-5,8-17H2. The lowest BCUT2D eigenvalue weighted by Crippen LogP contribution is -2.52. The van der Waals surface area contributed by atoms with Crippen molar-refractivity contribution in [2.24, 2.45) is 5.92 Å². The Morgan fingerprint density at radius 3 is 2.24 bits per heavy atom. The Kier molecular flexibility index (Phi) is 6.13. The molecule has 3 aliphatic rings. The van der Waals surface area contributed by atoms with Crippen molar-refractivity contribution in [2.45, 2.75) is 25.7 Å². The fraction of sp³-hybridized carbons (Fsp3) is 0.591. The number of benzene rings is 1. The predicted molar refractivity (Wildman–Crippen MR) is 110 cm³/mol. The van der Waals surface area contributed by atoms with Crippen molar-refractivity contribution >= 4 is 23.4 Å². The second-order valence-corrected chi connectivity index (χ2v) is 8.25. The van der Waals surface area contributed by atoms with Gasteiger partial charge in [-0.05, 0) is 38.1 Å². The Labute approximate surface area is 172 Å². The Hall–Kier alpha value is -2.41. The minimum atomic E-state index is -0.292. The van der Waals surface area contributed by atoms with E-state index in [-0.39, 0.29) is 30.1 Å². The van der Waals surface area contributed by atoms with E-state index in [1.165, 1.54) is 12.8 Å². The lowest BCUT2D eigenvalue weighted by Gasteiger charge is -2.36. The van der Waals surface area contributed by atoms with Crippen LogP contribution in [0.5, 0.6) is 0 Å². The first-order chi connectivity index (χ1) is 14.1. The highest BCUT2D eigenvalue weighted by atomic mass is 16.2. The van der Waals surface area contributed by atoms with Gasteiger partial charge in [-0.3, -0.25) is 14.4 Å². The van der Waals surface area contributed by atoms with Gasteiger partial charge in [0.25, 0.3) is 0 Å². The number of carbonyl (C=O) groups excluding carboxylic acids is 3. The third-order valence-corrected chi connectivity index (χ3v) is 6.33. The highest BCUT2D eigenvalue weighted by Crippen LogP contribution is 2.26. The van der Waals surface area contributed by atoms with Crippen LogP contribution < -0.4 is 4.90 Å². The summed E-state index contributed by atoms with van der Waals surface area (Å²) in [7, 11) is 0. The molecule has 0 radical (unpaired) electrons. The maximum atomic E-state index is 12.9. The van der Waals surface area contributed by atoms with Gasteiger partial charge in [-0.1, -0.05) is 18.2 Å². The van der Waals surface area contributed by atoms with Crippen LogP contribution in [0.3, 0.4) is 0 Å². The van der Waals surface area contributed by atoms with E-state index in [0.717, 1.165) is 25.3 Å². The molecule has 1 aromatic rings. The van der Waals surface area contributed by atoms with Crippen molar-refractivity contribution in [3.05, 3.63) is 30.3 Å². The summed E-state index contributed by atoms with van der Waals surface area (Å²) in [4.78, 5) is 45.6. The van der Waals surface area contributed by atoms with Crippen LogP contribution in [0.25, 0.3) is 0 Å². The van der Waals surface area contributed by atoms with Gasteiger partial charge in [0.2, 0.25) is 17.7 Å². The third-order valence-electron chi connectivity index (χ3n) is 6.33. The van der Waals surface area contributed by atoms with Crippen LogP contribution >= 0.6 is 0 Å². The molecule has 1 unspecified atom stereocenters. The maximum absolute atomic E-state index is 12.9. The highest BCUT2D eigenvalue weighted by Gasteiger charge is 2.38. The summed E-state index contributed by atoms with van der Waals surface area (Å²) < 4.78 is 0. The van der Waals surface area contributed by atoms with Crippen LogP contribution in [0.2, 0.25) is 0 Å². The van der Waals surface area contributed by atoms with Crippen molar-refractivity contribution in [1.29, 1.82) is 0 Å². The maximum Gasteiger partial charge on any atom is 0.228 e. The van der Waals surface area contributed by atoms with E-state index in [2.05, 4.69) is 4.90 Å². The fourth-order valence-corrected chi connectivity index (χ4v) is 4.58. The van der Waals surface area contributed by atoms with Crippen molar-refractivity contribution in [3.63, 3.8) is 0 Å². The molecule has 0 saturated carbocycles. The van der Waals surface area contributed by atoms with Crippen molar-refractivity contribution in [3.8, 4) is 0 Å². The molecule has 0 bridgehead atoms. The van der Waals surface area contributed by atoms with E-state index in [4.69, 9.17) is 0 Å². The molecule has 156 valence electrons. The number of hydrogen-bond donors (Lipinski definition) is 0. The molecule has 7 nitrogen and oxygen atoms in total. The number of anilines is 1. The van der Waals surface area contributed by atoms with Gasteiger partial charge in [0.1, 0.15) is 0 Å². The lowest BCUT2D eigenvalue weighted by molar-refractivity contribution is -0.142. The molecule has 0 N–H and O–H groups in total. The van der Waals surface area contributed by atoms with Gasteiger partial charge >= 0.3 is 0 Å². The molecule has 0 aliphatic carbocycles. The SMILES string of the molecule is O=C(CCN1CCCC1)N1CCN(C(=O)C2CC(=O)N(c3ccccc3)C2)CC1. The zero-order chi connectivity index (χ0) is 20.2. The van der Waals surface area contributed by atoms with Crippen LogP contribution in [0.1, 0.15) is 25.7 Å². The number of para-hydroxylation sites is 1. The van der Waals surface area contributed by atoms with Gasteiger partial charge in [0, 0.05) is 57.8 Å². The smallest absolute Gasteiger partial charge is 0.228 e. The number of piperazine rings is 1. The summed E-state index contributed by atoms with van der Waals surface area (Å²) in [6.07, 6.45) is 3.31. The van der Waals surface area contributed by atoms with Crippen LogP contribution in [-0.4, -0.2) is 84.8 Å². The first kappa shape index (κ1) is 19.9. The summed E-state index contributed by atoms with van der Waals surface area (Å²) in [5, 5.41) is 0. The third kappa shape index (κ3) is 4.61. The van der Waals surface area contributed by atoms with Gasteiger partial charge in [0.05, 0.1) is 5.92 Å². The van der Waals surface area contributed by atoms with Crippen molar-refractivity contribution in [2.75, 3.05) is 57.3 Å². The van der Waals surface area contributed by atoms with E-state index < -0.39 is 0 Å². The van der Waals surface area contributed by atoms with Gasteiger partial charge in [-0.2, -0.15) is 0 Å². The summed E-state index contributed by atoms with van der Waals surface area (Å²) in [6.45, 7) is 5.80. The Balaban J connectivity index is 1.25. The Morgan fingerprint density at radius 2 is 1.55 bits per heavy atom. The van der Waals surface area contributed by atoms with Crippen LogP contribution in [0.4, 0.5) is 5.69 Å². The number of nitrogens with zero attached hydrogens (tertiary/aromatic N) is 4. The first-order valence-electron chi connectivity index (χ1n) is 10.8. The lowest BCUT2D eigenvalue weighted by atomic mass is 10.1. The summed E-state index contributed by atoms with van der Waals surface area (Å²) in [5.74, 6) is -0.0540. The minimum absolute atomic E-state index is 0.00489. The highest BCUT2D eigenvalue weighted by molar-refractivity contribution is 6.00. The average Bonchev–Trinajstić information content (AvgIpc) is 3.42. The number of amides is 3. The van der Waals surface area contributed by atoms with E-state index >= 15 is 0 Å². The molecule has 1 atom stereocenters. The second kappa shape index (κ2) is 8.95. The summed E-state index contributed by atoms with van der Waals surface area (Å²) in [6, 6.07) is 9.52. The van der Waals surface area contributed by atoms with E-state index in [0.29, 0.717) is 39.1 Å². The molecule has 3 amide bonds. The zero-order valence-electron chi connectivity index (χ0n) is 17.0. The minimum Gasteiger partial charge on any atom is -0.339 e. The summed E-state index contributed by atoms with van der Waals surface area (Å²) >= 11 is 0. The zero-order valence-corrected chi connectivity index (χ0v) is 17.0. The molecular formula is C22H30N4O3. The first-order valence-corrected chi connectivity index (χ1v) is 10.8. The molecule has 0 aromatic heterocycles. The second-order valence-electron chi connectivity index (χ2n) is 8.25. The normalized spacial score (nSPS) is 23.1. The topological polar surface area (TPSA) is 64.2 Å². The molecule has 3 saturated heterocycles. The van der Waals surface area contributed by atoms with Crippen LogP contribution in [-0.2, 0) is 14.4 Å². The van der Waals surface area contributed by atoms with Gasteiger partial charge in [-0.25, -0.2) is 0 Å². The van der Waals surface area contributed by atoms with Gasteiger partial charge < -0.3 is 19.6 Å². The molecule has 7 heteroatoms. The number of carbonyl (C=O) groups is 3. The molecule has 0 spiro atoms. The molecule has 4 rings (SSSR count). The van der Waals surface area contributed by atoms with Crippen molar-refractivity contribution in [1.82, 2.24) is 14.7 Å². The predicted octanol–water partition coefficient (Wildman–Crippen LogP) is 1.20. The quantitative estimate of drug-likeness (QED) is 0.748. The molecule has 3 aliphatic heterocycles. The largest absolute Gasteiger partial charge is 0.339 e. The van der Waals surface area contributed by atoms with Gasteiger partial charge in [-0.15, -0.1) is 0 Å². The van der Waals surface area contributed by atoms with E-state index in [1.54, 1.807) is 4.90 Å². The monoisotopic (exact) mass is 398 g/mol. The van der Waals surface area contributed by atoms with Crippen LogP contribution in [0, 0.1) is 5.92 Å². The molecule has 29 heavy (non-hydrogen) atoms. The molecular weight excluding hydrogens is 368 g/mol. The number of likely N-dealkylation sites (tertiary alicyclic amines) is 1. The Morgan fingerprint density at radius 1 is 0.897 bits per heavy atom. The average molecular weight is 399 g/mol. The number of hydrogen-bond acceptors (Lipinski definition) is 4. The van der Waals surface area contributed by atoms with Crippen LogP contribution in [0.15, 0.2) is 30.3 Å². The molecule has 1 aromatic carbocycles. The summed E-state index contributed by atoms with van der Waals surface area (Å²) in [5.41, 5.74) is 0.848. The van der Waals surface area contributed by atoms with E-state index in [1.807, 2.05) is 40.1 Å². The van der Waals surface area contributed by atoms with Crippen molar-refractivity contribution < 1.29 is 14.4 Å². The molecule has 3 fully saturated rings. The number of rotatable bonds is 5.